The van der Waals surface area contributed by atoms with E-state index in [9.17, 15) is 17.8 Å². The number of hydrogen-bond acceptors (Lipinski definition) is 7. The van der Waals surface area contributed by atoms with Crippen molar-refractivity contribution in [2.75, 3.05) is 19.0 Å². The molecule has 24 heavy (non-hydrogen) atoms. The van der Waals surface area contributed by atoms with Crippen LogP contribution in [0.3, 0.4) is 0 Å². The second-order valence-corrected chi connectivity index (χ2v) is 6.33. The maximum absolute atomic E-state index is 11.4. The number of isocyanates is 1. The minimum Gasteiger partial charge on any atom is -0.378 e. The standard InChI is InChI=1S/C15H14N4O4S/c1-19(2)13-6-3-11(4-7-13)17-18-14-8-5-12(16-10-20)9-15(14)24(21,22)23/h3-9H,1-2H3,(H,21,22,23). The molecule has 1 N–H and O–H groups in total. The molecule has 0 atom stereocenters. The van der Waals surface area contributed by atoms with Crippen molar-refractivity contribution in [1.82, 2.24) is 0 Å². The minimum atomic E-state index is -4.55. The van der Waals surface area contributed by atoms with Gasteiger partial charge in [0.15, 0.2) is 0 Å². The van der Waals surface area contributed by atoms with Gasteiger partial charge in [-0.15, -0.1) is 5.11 Å². The Labute approximate surface area is 138 Å². The second kappa shape index (κ2) is 7.14. The van der Waals surface area contributed by atoms with Crippen molar-refractivity contribution in [3.8, 4) is 0 Å². The number of rotatable bonds is 5. The van der Waals surface area contributed by atoms with Crippen LogP contribution in [-0.2, 0) is 14.9 Å². The van der Waals surface area contributed by atoms with Crippen LogP contribution < -0.4 is 4.90 Å². The first-order chi connectivity index (χ1) is 11.3. The van der Waals surface area contributed by atoms with Crippen molar-refractivity contribution < 1.29 is 17.8 Å². The molecule has 124 valence electrons. The highest BCUT2D eigenvalue weighted by atomic mass is 32.2. The molecule has 0 amide bonds. The monoisotopic (exact) mass is 346 g/mol. The van der Waals surface area contributed by atoms with Crippen LogP contribution in [0.15, 0.2) is 62.6 Å². The number of benzene rings is 2. The molecule has 2 rings (SSSR count). The fourth-order valence-corrected chi connectivity index (χ4v) is 2.49. The van der Waals surface area contributed by atoms with Crippen LogP contribution in [0.5, 0.6) is 0 Å². The summed E-state index contributed by atoms with van der Waals surface area (Å²) >= 11 is 0. The number of azo groups is 1. The normalized spacial score (nSPS) is 11.3. The summed E-state index contributed by atoms with van der Waals surface area (Å²) in [5, 5.41) is 7.80. The van der Waals surface area contributed by atoms with E-state index in [4.69, 9.17) is 0 Å². The molecule has 0 radical (unpaired) electrons. The predicted molar refractivity (Wildman–Crippen MR) is 89.0 cm³/mol. The SMILES string of the molecule is CN(C)c1ccc(N=Nc2ccc(N=C=O)cc2S(=O)(=O)O)cc1. The van der Waals surface area contributed by atoms with Crippen molar-refractivity contribution in [3.63, 3.8) is 0 Å². The zero-order valence-corrected chi connectivity index (χ0v) is 13.7. The van der Waals surface area contributed by atoms with E-state index in [1.165, 1.54) is 18.2 Å². The fraction of sp³-hybridized carbons (Fsp3) is 0.133. The molecule has 0 heterocycles. The predicted octanol–water partition coefficient (Wildman–Crippen LogP) is 3.38. The van der Waals surface area contributed by atoms with Gasteiger partial charge in [-0.25, -0.2) is 4.79 Å². The molecule has 0 aliphatic heterocycles. The van der Waals surface area contributed by atoms with Crippen molar-refractivity contribution in [1.29, 1.82) is 0 Å². The average molecular weight is 346 g/mol. The van der Waals surface area contributed by atoms with E-state index in [1.807, 2.05) is 31.1 Å². The topological polar surface area (TPSA) is 112 Å². The third-order valence-electron chi connectivity index (χ3n) is 3.04. The van der Waals surface area contributed by atoms with Crippen molar-refractivity contribution in [2.45, 2.75) is 4.90 Å². The molecule has 2 aromatic rings. The highest BCUT2D eigenvalue weighted by Gasteiger charge is 2.16. The van der Waals surface area contributed by atoms with Crippen LogP contribution in [0.1, 0.15) is 0 Å². The molecule has 0 unspecified atom stereocenters. The maximum Gasteiger partial charge on any atom is 0.296 e. The summed E-state index contributed by atoms with van der Waals surface area (Å²) in [6.45, 7) is 0. The molecule has 2 aromatic carbocycles. The summed E-state index contributed by atoms with van der Waals surface area (Å²) in [6, 6.07) is 10.8. The fourth-order valence-electron chi connectivity index (χ4n) is 1.84. The zero-order valence-electron chi connectivity index (χ0n) is 12.9. The first kappa shape index (κ1) is 17.5. The van der Waals surface area contributed by atoms with Crippen LogP contribution in [0.2, 0.25) is 0 Å². The van der Waals surface area contributed by atoms with Gasteiger partial charge in [0.2, 0.25) is 6.08 Å². The third kappa shape index (κ3) is 4.32. The van der Waals surface area contributed by atoms with Crippen molar-refractivity contribution >= 4 is 38.9 Å². The molecule has 9 heteroatoms. The molecular weight excluding hydrogens is 332 g/mol. The highest BCUT2D eigenvalue weighted by Crippen LogP contribution is 2.30. The Balaban J connectivity index is 2.39. The van der Waals surface area contributed by atoms with E-state index >= 15 is 0 Å². The molecule has 0 aromatic heterocycles. The number of carbonyl (C=O) groups excluding carboxylic acids is 1. The van der Waals surface area contributed by atoms with Gasteiger partial charge in [0.05, 0.1) is 11.4 Å². The number of anilines is 1. The molecule has 0 spiro atoms. The average Bonchev–Trinajstić information content (AvgIpc) is 2.53. The lowest BCUT2D eigenvalue weighted by Gasteiger charge is -2.11. The summed E-state index contributed by atoms with van der Waals surface area (Å²) in [6.07, 6.45) is 1.29. The summed E-state index contributed by atoms with van der Waals surface area (Å²) in [5.74, 6) is 0. The lowest BCUT2D eigenvalue weighted by Crippen LogP contribution is -2.07. The van der Waals surface area contributed by atoms with Crippen LogP contribution in [-0.4, -0.2) is 33.1 Å². The number of aliphatic imine (C=N–C) groups is 1. The largest absolute Gasteiger partial charge is 0.378 e. The van der Waals surface area contributed by atoms with Gasteiger partial charge >= 0.3 is 0 Å². The van der Waals surface area contributed by atoms with Gasteiger partial charge in [0.1, 0.15) is 10.6 Å². The summed E-state index contributed by atoms with van der Waals surface area (Å²) < 4.78 is 32.2. The van der Waals surface area contributed by atoms with Gasteiger partial charge in [-0.3, -0.25) is 4.55 Å². The molecule has 0 aliphatic carbocycles. The van der Waals surface area contributed by atoms with Gasteiger partial charge in [0.25, 0.3) is 10.1 Å². The van der Waals surface area contributed by atoms with Gasteiger partial charge in [0, 0.05) is 19.8 Å². The molecule has 0 saturated carbocycles. The Morgan fingerprint density at radius 2 is 1.62 bits per heavy atom. The molecule has 8 nitrogen and oxygen atoms in total. The summed E-state index contributed by atoms with van der Waals surface area (Å²) in [4.78, 5) is 15.0. The van der Waals surface area contributed by atoms with E-state index in [1.54, 1.807) is 12.1 Å². The van der Waals surface area contributed by atoms with E-state index in [2.05, 4.69) is 15.2 Å². The molecule has 0 aliphatic rings. The summed E-state index contributed by atoms with van der Waals surface area (Å²) in [5.41, 5.74) is 1.45. The van der Waals surface area contributed by atoms with Crippen molar-refractivity contribution in [2.24, 2.45) is 15.2 Å². The Kier molecular flexibility index (Phi) is 5.20. The van der Waals surface area contributed by atoms with Gasteiger partial charge in [-0.2, -0.15) is 18.5 Å². The Bertz CT molecular complexity index is 915. The molecular formula is C15H14N4O4S. The molecule has 0 saturated heterocycles. The summed E-state index contributed by atoms with van der Waals surface area (Å²) in [7, 11) is -0.745. The smallest absolute Gasteiger partial charge is 0.296 e. The highest BCUT2D eigenvalue weighted by molar-refractivity contribution is 7.86. The maximum atomic E-state index is 11.4. The Hall–Kier alpha value is -2.87. The van der Waals surface area contributed by atoms with Gasteiger partial charge < -0.3 is 4.90 Å². The van der Waals surface area contributed by atoms with Gasteiger partial charge in [-0.1, -0.05) is 0 Å². The lowest BCUT2D eigenvalue weighted by molar-refractivity contribution is 0.483. The number of hydrogen-bond donors (Lipinski definition) is 1. The molecule has 0 fully saturated rings. The zero-order chi connectivity index (χ0) is 17.7. The van der Waals surface area contributed by atoms with E-state index in [0.29, 0.717) is 5.69 Å². The van der Waals surface area contributed by atoms with Crippen LogP contribution in [0, 0.1) is 0 Å². The Morgan fingerprint density at radius 1 is 1.00 bits per heavy atom. The van der Waals surface area contributed by atoms with E-state index < -0.39 is 15.0 Å². The van der Waals surface area contributed by atoms with Crippen molar-refractivity contribution in [3.05, 3.63) is 42.5 Å². The lowest BCUT2D eigenvalue weighted by atomic mass is 10.3. The van der Waals surface area contributed by atoms with Gasteiger partial charge in [-0.05, 0) is 42.5 Å². The van der Waals surface area contributed by atoms with E-state index in [0.717, 1.165) is 11.8 Å². The minimum absolute atomic E-state index is 0.0342. The van der Waals surface area contributed by atoms with Crippen LogP contribution in [0.4, 0.5) is 22.7 Å². The first-order valence-corrected chi connectivity index (χ1v) is 8.14. The van der Waals surface area contributed by atoms with Crippen LogP contribution in [0.25, 0.3) is 0 Å². The Morgan fingerprint density at radius 3 is 2.17 bits per heavy atom. The third-order valence-corrected chi connectivity index (χ3v) is 3.92. The van der Waals surface area contributed by atoms with Crippen LogP contribution >= 0.6 is 0 Å². The number of nitrogens with zero attached hydrogens (tertiary/aromatic N) is 4. The quantitative estimate of drug-likeness (QED) is 0.386. The second-order valence-electron chi connectivity index (χ2n) is 4.94. The molecule has 0 bridgehead atoms. The first-order valence-electron chi connectivity index (χ1n) is 6.70. The van der Waals surface area contributed by atoms with E-state index in [-0.39, 0.29) is 11.4 Å².